The van der Waals surface area contributed by atoms with Crippen LogP contribution >= 0.6 is 0 Å². The summed E-state index contributed by atoms with van der Waals surface area (Å²) < 4.78 is 5.31. The minimum Gasteiger partial charge on any atom is -0.497 e. The molecule has 40 heavy (non-hydrogen) atoms. The Morgan fingerprint density at radius 1 is 0.825 bits per heavy atom. The molecule has 5 rings (SSSR count). The van der Waals surface area contributed by atoms with Crippen molar-refractivity contribution in [1.82, 2.24) is 14.8 Å². The highest BCUT2D eigenvalue weighted by Crippen LogP contribution is 2.21. The van der Waals surface area contributed by atoms with Crippen LogP contribution in [-0.2, 0) is 17.8 Å². The van der Waals surface area contributed by atoms with Crippen molar-refractivity contribution in [2.75, 3.05) is 26.7 Å². The molecule has 204 valence electrons. The maximum Gasteiger partial charge on any atom is 0.254 e. The van der Waals surface area contributed by atoms with Crippen molar-refractivity contribution in [2.24, 2.45) is 0 Å². The summed E-state index contributed by atoms with van der Waals surface area (Å²) in [5.41, 5.74) is 3.86. The molecular formula is C34H35N3O3. The van der Waals surface area contributed by atoms with E-state index in [0.29, 0.717) is 31.6 Å². The lowest BCUT2D eigenvalue weighted by molar-refractivity contribution is -0.132. The van der Waals surface area contributed by atoms with E-state index in [1.54, 1.807) is 12.0 Å². The molecule has 0 saturated heterocycles. The Morgan fingerprint density at radius 2 is 1.57 bits per heavy atom. The Balaban J connectivity index is 1.36. The number of para-hydroxylation sites is 1. The molecule has 2 amide bonds. The molecule has 0 unspecified atom stereocenters. The first-order valence-electron chi connectivity index (χ1n) is 13.8. The number of rotatable bonds is 11. The molecule has 6 nitrogen and oxygen atoms in total. The van der Waals surface area contributed by atoms with Gasteiger partial charge in [0.15, 0.2) is 0 Å². The normalized spacial score (nSPS) is 11.1. The maximum absolute atomic E-state index is 13.8. The van der Waals surface area contributed by atoms with E-state index in [4.69, 9.17) is 4.74 Å². The second-order valence-electron chi connectivity index (χ2n) is 10.1. The summed E-state index contributed by atoms with van der Waals surface area (Å²) >= 11 is 0. The van der Waals surface area contributed by atoms with Crippen LogP contribution in [0.1, 0.15) is 34.8 Å². The highest BCUT2D eigenvalue weighted by molar-refractivity contribution is 6.00. The molecule has 0 bridgehead atoms. The first kappa shape index (κ1) is 27.0. The van der Waals surface area contributed by atoms with E-state index in [1.807, 2.05) is 96.9 Å². The van der Waals surface area contributed by atoms with Crippen molar-refractivity contribution >= 4 is 33.5 Å². The van der Waals surface area contributed by atoms with Crippen LogP contribution < -0.4 is 4.74 Å². The van der Waals surface area contributed by atoms with Gasteiger partial charge >= 0.3 is 0 Å². The van der Waals surface area contributed by atoms with Gasteiger partial charge in [-0.05, 0) is 65.1 Å². The van der Waals surface area contributed by atoms with Gasteiger partial charge in [-0.1, -0.05) is 67.6 Å². The summed E-state index contributed by atoms with van der Waals surface area (Å²) in [5.74, 6) is 0.579. The van der Waals surface area contributed by atoms with Crippen LogP contribution in [0.15, 0.2) is 97.2 Å². The number of amides is 2. The van der Waals surface area contributed by atoms with Crippen molar-refractivity contribution < 1.29 is 14.3 Å². The van der Waals surface area contributed by atoms with Gasteiger partial charge in [0.1, 0.15) is 12.3 Å². The first-order valence-corrected chi connectivity index (χ1v) is 13.8. The standard InChI is InChI=1S/C34H35N3O3/c1-3-19-37(34(39)28-15-14-26-8-4-5-9-27(26)21-28)24-33(38)36(23-25-12-16-30(40-2)17-13-25)20-18-29-22-35-32-11-7-6-10-31(29)32/h4-17,21-22,35H,3,18-20,23-24H2,1-2H3. The van der Waals surface area contributed by atoms with Gasteiger partial charge in [0.2, 0.25) is 5.91 Å². The van der Waals surface area contributed by atoms with Gasteiger partial charge in [0, 0.05) is 42.3 Å². The molecule has 0 aliphatic rings. The van der Waals surface area contributed by atoms with E-state index in [2.05, 4.69) is 17.1 Å². The number of aromatic amines is 1. The third-order valence-corrected chi connectivity index (χ3v) is 7.31. The molecule has 0 atom stereocenters. The van der Waals surface area contributed by atoms with Crippen LogP contribution in [0.3, 0.4) is 0 Å². The fourth-order valence-electron chi connectivity index (χ4n) is 5.13. The minimum atomic E-state index is -0.123. The van der Waals surface area contributed by atoms with E-state index in [9.17, 15) is 9.59 Å². The molecule has 0 spiro atoms. The summed E-state index contributed by atoms with van der Waals surface area (Å²) in [5, 5.41) is 3.26. The summed E-state index contributed by atoms with van der Waals surface area (Å²) in [6.45, 7) is 3.56. The first-order chi connectivity index (χ1) is 19.6. The van der Waals surface area contributed by atoms with Gasteiger partial charge < -0.3 is 19.5 Å². The highest BCUT2D eigenvalue weighted by atomic mass is 16.5. The van der Waals surface area contributed by atoms with E-state index >= 15 is 0 Å². The van der Waals surface area contributed by atoms with Crippen molar-refractivity contribution in [1.29, 1.82) is 0 Å². The number of hydrogen-bond donors (Lipinski definition) is 1. The average molecular weight is 534 g/mol. The fraction of sp³-hybridized carbons (Fsp3) is 0.235. The number of nitrogens with zero attached hydrogens (tertiary/aromatic N) is 2. The summed E-state index contributed by atoms with van der Waals surface area (Å²) in [6, 6.07) is 29.7. The molecule has 0 radical (unpaired) electrons. The van der Waals surface area contributed by atoms with E-state index in [0.717, 1.165) is 34.0 Å². The van der Waals surface area contributed by atoms with Gasteiger partial charge in [-0.25, -0.2) is 0 Å². The Morgan fingerprint density at radius 3 is 2.35 bits per heavy atom. The summed E-state index contributed by atoms with van der Waals surface area (Å²) in [7, 11) is 1.64. The fourth-order valence-corrected chi connectivity index (χ4v) is 5.13. The summed E-state index contributed by atoms with van der Waals surface area (Å²) in [6.07, 6.45) is 3.49. The SMILES string of the molecule is CCCN(CC(=O)N(CCc1c[nH]c2ccccc12)Cc1ccc(OC)cc1)C(=O)c1ccc2ccccc2c1. The van der Waals surface area contributed by atoms with Gasteiger partial charge in [0.05, 0.1) is 7.11 Å². The Bertz CT molecular complexity index is 1610. The quantitative estimate of drug-likeness (QED) is 0.212. The lowest BCUT2D eigenvalue weighted by Crippen LogP contribution is -2.43. The van der Waals surface area contributed by atoms with E-state index < -0.39 is 0 Å². The lowest BCUT2D eigenvalue weighted by atomic mass is 10.1. The molecule has 4 aromatic carbocycles. The van der Waals surface area contributed by atoms with Crippen LogP contribution in [0.4, 0.5) is 0 Å². The number of methoxy groups -OCH3 is 1. The number of benzene rings is 4. The molecule has 0 aliphatic carbocycles. The van der Waals surface area contributed by atoms with Gasteiger partial charge in [-0.2, -0.15) is 0 Å². The molecular weight excluding hydrogens is 498 g/mol. The van der Waals surface area contributed by atoms with Crippen LogP contribution in [0, 0.1) is 0 Å². The van der Waals surface area contributed by atoms with Gasteiger partial charge in [-0.3, -0.25) is 9.59 Å². The number of ether oxygens (including phenoxy) is 1. The predicted octanol–water partition coefficient (Wildman–Crippen LogP) is 6.45. The maximum atomic E-state index is 13.8. The van der Waals surface area contributed by atoms with Crippen molar-refractivity contribution in [3.8, 4) is 5.75 Å². The molecule has 0 aliphatic heterocycles. The molecule has 0 saturated carbocycles. The third-order valence-electron chi connectivity index (χ3n) is 7.31. The number of nitrogens with one attached hydrogen (secondary N) is 1. The lowest BCUT2D eigenvalue weighted by Gasteiger charge is -2.28. The zero-order valence-electron chi connectivity index (χ0n) is 23.1. The Kier molecular flexibility index (Phi) is 8.45. The number of fused-ring (bicyclic) bond motifs is 2. The largest absolute Gasteiger partial charge is 0.497 e. The third kappa shape index (κ3) is 6.18. The second-order valence-corrected chi connectivity index (χ2v) is 10.1. The van der Waals surface area contributed by atoms with E-state index in [1.165, 1.54) is 10.9 Å². The van der Waals surface area contributed by atoms with Crippen molar-refractivity contribution in [2.45, 2.75) is 26.3 Å². The van der Waals surface area contributed by atoms with Crippen molar-refractivity contribution in [3.05, 3.63) is 114 Å². The molecule has 6 heteroatoms. The van der Waals surface area contributed by atoms with Crippen LogP contribution in [0.25, 0.3) is 21.7 Å². The predicted molar refractivity (Wildman–Crippen MR) is 161 cm³/mol. The highest BCUT2D eigenvalue weighted by Gasteiger charge is 2.23. The monoisotopic (exact) mass is 533 g/mol. The minimum absolute atomic E-state index is 0.0313. The number of aromatic nitrogens is 1. The van der Waals surface area contributed by atoms with Crippen molar-refractivity contribution in [3.63, 3.8) is 0 Å². The van der Waals surface area contributed by atoms with E-state index in [-0.39, 0.29) is 18.4 Å². The zero-order valence-corrected chi connectivity index (χ0v) is 23.1. The van der Waals surface area contributed by atoms with Gasteiger partial charge in [0.25, 0.3) is 5.91 Å². The molecule has 5 aromatic rings. The van der Waals surface area contributed by atoms with Crippen LogP contribution in [-0.4, -0.2) is 53.3 Å². The Labute approximate surface area is 235 Å². The van der Waals surface area contributed by atoms with Crippen LogP contribution in [0.5, 0.6) is 5.75 Å². The second kappa shape index (κ2) is 12.5. The number of carbonyl (C=O) groups excluding carboxylic acids is 2. The topological polar surface area (TPSA) is 65.6 Å². The zero-order chi connectivity index (χ0) is 27.9. The summed E-state index contributed by atoms with van der Waals surface area (Å²) in [4.78, 5) is 34.3. The average Bonchev–Trinajstić information content (AvgIpc) is 3.41. The molecule has 1 N–H and O–H groups in total. The number of H-pyrrole nitrogens is 1. The molecule has 0 fully saturated rings. The number of carbonyl (C=O) groups is 2. The molecule has 1 heterocycles. The number of hydrogen-bond acceptors (Lipinski definition) is 3. The van der Waals surface area contributed by atoms with Crippen LogP contribution in [0.2, 0.25) is 0 Å². The Hall–Kier alpha value is -4.58. The van der Waals surface area contributed by atoms with Gasteiger partial charge in [-0.15, -0.1) is 0 Å². The smallest absolute Gasteiger partial charge is 0.254 e. The molecule has 1 aromatic heterocycles.